The first-order valence-electron chi connectivity index (χ1n) is 4.96. The molecule has 1 rings (SSSR count). The molecule has 0 bridgehead atoms. The Morgan fingerprint density at radius 3 is 2.73 bits per heavy atom. The van der Waals surface area contributed by atoms with Crippen molar-refractivity contribution in [2.75, 3.05) is 19.6 Å². The molecule has 1 unspecified atom stereocenters. The minimum atomic E-state index is 0.879. The normalized spacial score (nSPS) is 27.8. The molecule has 0 saturated carbocycles. The lowest BCUT2D eigenvalue weighted by molar-refractivity contribution is 0.152. The fourth-order valence-corrected chi connectivity index (χ4v) is 1.92. The molecule has 0 spiro atoms. The summed E-state index contributed by atoms with van der Waals surface area (Å²) in [5.74, 6) is 1.84. The van der Waals surface area contributed by atoms with Crippen LogP contribution in [0.1, 0.15) is 33.6 Å². The summed E-state index contributed by atoms with van der Waals surface area (Å²) in [5.41, 5.74) is 0. The van der Waals surface area contributed by atoms with Gasteiger partial charge in [-0.2, -0.15) is 0 Å². The van der Waals surface area contributed by atoms with Crippen LogP contribution in [-0.2, 0) is 0 Å². The molecule has 0 amide bonds. The zero-order valence-corrected chi connectivity index (χ0v) is 8.14. The third kappa shape index (κ3) is 2.48. The lowest BCUT2D eigenvalue weighted by Gasteiger charge is -2.33. The summed E-state index contributed by atoms with van der Waals surface area (Å²) in [6.07, 6.45) is 2.87. The van der Waals surface area contributed by atoms with Crippen molar-refractivity contribution in [2.45, 2.75) is 33.6 Å². The monoisotopic (exact) mass is 155 g/mol. The molecule has 0 aliphatic carbocycles. The van der Waals surface area contributed by atoms with Gasteiger partial charge in [-0.1, -0.05) is 20.8 Å². The summed E-state index contributed by atoms with van der Waals surface area (Å²) in [6.45, 7) is 10.9. The van der Waals surface area contributed by atoms with Crippen LogP contribution in [0.5, 0.6) is 0 Å². The molecule has 1 fully saturated rings. The highest BCUT2D eigenvalue weighted by Gasteiger charge is 2.20. The summed E-state index contributed by atoms with van der Waals surface area (Å²) in [5, 5.41) is 0. The topological polar surface area (TPSA) is 3.24 Å². The maximum Gasteiger partial charge on any atom is 0.00120 e. The van der Waals surface area contributed by atoms with Crippen molar-refractivity contribution >= 4 is 0 Å². The molecule has 1 saturated heterocycles. The summed E-state index contributed by atoms with van der Waals surface area (Å²) >= 11 is 0. The van der Waals surface area contributed by atoms with Crippen LogP contribution in [0.25, 0.3) is 0 Å². The van der Waals surface area contributed by atoms with Crippen LogP contribution in [0.3, 0.4) is 0 Å². The maximum absolute atomic E-state index is 2.58. The zero-order chi connectivity index (χ0) is 8.27. The predicted octanol–water partition coefficient (Wildman–Crippen LogP) is 2.37. The highest BCUT2D eigenvalue weighted by Crippen LogP contribution is 2.22. The highest BCUT2D eigenvalue weighted by molar-refractivity contribution is 4.73. The Kier molecular flexibility index (Phi) is 3.38. The number of rotatable bonds is 2. The number of nitrogens with zero attached hydrogens (tertiary/aromatic N) is 1. The van der Waals surface area contributed by atoms with Gasteiger partial charge < -0.3 is 4.90 Å². The van der Waals surface area contributed by atoms with E-state index in [4.69, 9.17) is 0 Å². The van der Waals surface area contributed by atoms with Gasteiger partial charge in [0.2, 0.25) is 0 Å². The van der Waals surface area contributed by atoms with Gasteiger partial charge in [0.1, 0.15) is 0 Å². The molecule has 1 aliphatic rings. The van der Waals surface area contributed by atoms with E-state index >= 15 is 0 Å². The first kappa shape index (κ1) is 9.05. The Balaban J connectivity index is 2.33. The van der Waals surface area contributed by atoms with Gasteiger partial charge >= 0.3 is 0 Å². The fourth-order valence-electron chi connectivity index (χ4n) is 1.92. The lowest BCUT2D eigenvalue weighted by atomic mass is 9.88. The highest BCUT2D eigenvalue weighted by atomic mass is 15.1. The molecule has 0 N–H and O–H groups in total. The van der Waals surface area contributed by atoms with Crippen molar-refractivity contribution in [3.05, 3.63) is 0 Å². The van der Waals surface area contributed by atoms with Gasteiger partial charge in [-0.25, -0.2) is 0 Å². The molecule has 0 aromatic rings. The van der Waals surface area contributed by atoms with Crippen LogP contribution in [0.4, 0.5) is 0 Å². The summed E-state index contributed by atoms with van der Waals surface area (Å²) in [7, 11) is 0. The molecule has 0 aromatic carbocycles. The van der Waals surface area contributed by atoms with Crippen molar-refractivity contribution in [2.24, 2.45) is 11.8 Å². The first-order chi connectivity index (χ1) is 5.24. The molecule has 11 heavy (non-hydrogen) atoms. The van der Waals surface area contributed by atoms with Gasteiger partial charge in [-0.15, -0.1) is 0 Å². The Morgan fingerprint density at radius 2 is 2.18 bits per heavy atom. The lowest BCUT2D eigenvalue weighted by Crippen LogP contribution is -2.37. The van der Waals surface area contributed by atoms with Gasteiger partial charge in [0.25, 0.3) is 0 Å². The summed E-state index contributed by atoms with van der Waals surface area (Å²) < 4.78 is 0. The van der Waals surface area contributed by atoms with Crippen molar-refractivity contribution in [3.63, 3.8) is 0 Å². The first-order valence-corrected chi connectivity index (χ1v) is 4.96. The standard InChI is InChI=1S/C10H21N/c1-4-11-7-5-6-10(8-11)9(2)3/h9-10H,4-8H2,1-3H3. The minimum Gasteiger partial charge on any atom is -0.303 e. The Labute approximate surface area is 70.8 Å². The third-order valence-electron chi connectivity index (χ3n) is 2.93. The average Bonchev–Trinajstić information content (AvgIpc) is 2.05. The zero-order valence-electron chi connectivity index (χ0n) is 8.14. The predicted molar refractivity (Wildman–Crippen MR) is 49.7 cm³/mol. The van der Waals surface area contributed by atoms with Gasteiger partial charge in [0, 0.05) is 6.54 Å². The minimum absolute atomic E-state index is 0.879. The van der Waals surface area contributed by atoms with E-state index in [1.165, 1.54) is 32.5 Å². The van der Waals surface area contributed by atoms with Crippen LogP contribution in [0, 0.1) is 11.8 Å². The van der Waals surface area contributed by atoms with E-state index in [9.17, 15) is 0 Å². The third-order valence-corrected chi connectivity index (χ3v) is 2.93. The number of piperidine rings is 1. The van der Waals surface area contributed by atoms with Crippen LogP contribution in [-0.4, -0.2) is 24.5 Å². The van der Waals surface area contributed by atoms with Gasteiger partial charge in [0.15, 0.2) is 0 Å². The van der Waals surface area contributed by atoms with Crippen LogP contribution in [0.2, 0.25) is 0 Å². The van der Waals surface area contributed by atoms with E-state index in [1.54, 1.807) is 0 Å². The van der Waals surface area contributed by atoms with Crippen molar-refractivity contribution in [3.8, 4) is 0 Å². The van der Waals surface area contributed by atoms with Crippen molar-refractivity contribution < 1.29 is 0 Å². The fraction of sp³-hybridized carbons (Fsp3) is 1.00. The van der Waals surface area contributed by atoms with Crippen LogP contribution in [0.15, 0.2) is 0 Å². The quantitative estimate of drug-likeness (QED) is 0.592. The maximum atomic E-state index is 2.58. The molecule has 1 atom stereocenters. The molecule has 1 aliphatic heterocycles. The second-order valence-corrected chi connectivity index (χ2v) is 4.04. The van der Waals surface area contributed by atoms with Crippen molar-refractivity contribution in [1.82, 2.24) is 4.90 Å². The second-order valence-electron chi connectivity index (χ2n) is 4.04. The van der Waals surface area contributed by atoms with Crippen LogP contribution >= 0.6 is 0 Å². The van der Waals surface area contributed by atoms with Crippen LogP contribution < -0.4 is 0 Å². The van der Waals surface area contributed by atoms with Gasteiger partial charge in [0.05, 0.1) is 0 Å². The molecular formula is C10H21N. The molecule has 0 radical (unpaired) electrons. The smallest absolute Gasteiger partial charge is 0.00120 e. The Bertz CT molecular complexity index is 109. The number of hydrogen-bond acceptors (Lipinski definition) is 1. The van der Waals surface area contributed by atoms with E-state index in [2.05, 4.69) is 25.7 Å². The SMILES string of the molecule is CCN1CCCC(C(C)C)C1. The molecular weight excluding hydrogens is 134 g/mol. The molecule has 1 heterocycles. The molecule has 1 heteroatoms. The van der Waals surface area contributed by atoms with Crippen molar-refractivity contribution in [1.29, 1.82) is 0 Å². The number of hydrogen-bond donors (Lipinski definition) is 0. The Morgan fingerprint density at radius 1 is 1.45 bits per heavy atom. The van der Waals surface area contributed by atoms with E-state index < -0.39 is 0 Å². The second kappa shape index (κ2) is 4.10. The van der Waals surface area contributed by atoms with E-state index in [-0.39, 0.29) is 0 Å². The van der Waals surface area contributed by atoms with Gasteiger partial charge in [-0.3, -0.25) is 0 Å². The Hall–Kier alpha value is -0.0400. The van der Waals surface area contributed by atoms with E-state index in [1.807, 2.05) is 0 Å². The van der Waals surface area contributed by atoms with E-state index in [0.29, 0.717) is 0 Å². The van der Waals surface area contributed by atoms with E-state index in [0.717, 1.165) is 11.8 Å². The summed E-state index contributed by atoms with van der Waals surface area (Å²) in [4.78, 5) is 2.58. The van der Waals surface area contributed by atoms with Gasteiger partial charge in [-0.05, 0) is 37.8 Å². The molecule has 0 aromatic heterocycles. The summed E-state index contributed by atoms with van der Waals surface area (Å²) in [6, 6.07) is 0. The molecule has 66 valence electrons. The number of likely N-dealkylation sites (tertiary alicyclic amines) is 1. The average molecular weight is 155 g/mol. The molecule has 1 nitrogen and oxygen atoms in total. The largest absolute Gasteiger partial charge is 0.303 e.